The molecule has 3 aliphatic heterocycles. The van der Waals surface area contributed by atoms with E-state index in [1.54, 1.807) is 16.9 Å². The van der Waals surface area contributed by atoms with E-state index in [1.807, 2.05) is 43.6 Å². The minimum atomic E-state index is -0.728. The number of amides is 2. The minimum absolute atomic E-state index is 0.139. The number of nitriles is 1. The summed E-state index contributed by atoms with van der Waals surface area (Å²) in [5.74, 6) is -0.725. The molecule has 4 aromatic heterocycles. The standard InChI is InChI=1S/C45H50FN11O4/c1-2-45(44(60)61)15-19-55(20-16-45)39-11-3-29(23-48-39)41-42-30(22-47)24-50-57(42)27-38(52-41)31-25-49-56(26-31)34-7-5-33(6-8-34)54-17-13-28(14-18-54)35-9-4-32(21-36(35)46)51-37-10-12-40(58)53-43(37)59/h3-4,9,11,21,23-28,33-34,37,51H,2,5-8,10,12-20H2,1H3,(H,60,61)(H,53,58,59)/t33-,34-,37-/m1/s1. The Balaban J connectivity index is 0.820. The third-order valence-corrected chi connectivity index (χ3v) is 13.8. The Morgan fingerprint density at radius 1 is 0.951 bits per heavy atom. The van der Waals surface area contributed by atoms with Crippen LogP contribution in [0.2, 0.25) is 0 Å². The van der Waals surface area contributed by atoms with Crippen LogP contribution in [0.3, 0.4) is 0 Å². The van der Waals surface area contributed by atoms with Crippen molar-refractivity contribution < 1.29 is 23.9 Å². The lowest BCUT2D eigenvalue weighted by molar-refractivity contribution is -0.150. The number of piperidine rings is 3. The van der Waals surface area contributed by atoms with E-state index in [0.29, 0.717) is 73.0 Å². The van der Waals surface area contributed by atoms with E-state index in [-0.39, 0.29) is 36.0 Å². The van der Waals surface area contributed by atoms with Crippen molar-refractivity contribution in [2.75, 3.05) is 36.4 Å². The molecule has 1 aliphatic carbocycles. The second kappa shape index (κ2) is 16.7. The van der Waals surface area contributed by atoms with E-state index in [1.165, 1.54) is 6.07 Å². The lowest BCUT2D eigenvalue weighted by atomic mass is 9.76. The van der Waals surface area contributed by atoms with Crippen LogP contribution in [0.1, 0.15) is 101 Å². The number of carbonyl (C=O) groups excluding carboxylic acids is 2. The molecule has 316 valence electrons. The van der Waals surface area contributed by atoms with Crippen molar-refractivity contribution in [1.82, 2.24) is 39.6 Å². The van der Waals surface area contributed by atoms with Crippen molar-refractivity contribution in [2.45, 2.75) is 102 Å². The predicted molar refractivity (Wildman–Crippen MR) is 225 cm³/mol. The van der Waals surface area contributed by atoms with E-state index in [4.69, 9.17) is 15.1 Å². The third kappa shape index (κ3) is 7.94. The fraction of sp³-hybridized carbons (Fsp3) is 0.467. The zero-order chi connectivity index (χ0) is 42.3. The van der Waals surface area contributed by atoms with Crippen molar-refractivity contribution in [3.05, 3.63) is 78.3 Å². The van der Waals surface area contributed by atoms with E-state index < -0.39 is 17.4 Å². The predicted octanol–water partition coefficient (Wildman–Crippen LogP) is 6.33. The van der Waals surface area contributed by atoms with Gasteiger partial charge in [0, 0.05) is 54.8 Å². The van der Waals surface area contributed by atoms with Crippen LogP contribution in [0.5, 0.6) is 0 Å². The Labute approximate surface area is 353 Å². The number of imide groups is 1. The highest BCUT2D eigenvalue weighted by Crippen LogP contribution is 2.39. The van der Waals surface area contributed by atoms with Gasteiger partial charge in [0.25, 0.3) is 0 Å². The summed E-state index contributed by atoms with van der Waals surface area (Å²) in [6.45, 7) is 5.01. The highest BCUT2D eigenvalue weighted by molar-refractivity contribution is 6.01. The molecule has 61 heavy (non-hydrogen) atoms. The molecule has 1 saturated carbocycles. The van der Waals surface area contributed by atoms with Crippen molar-refractivity contribution in [1.29, 1.82) is 5.26 Å². The van der Waals surface area contributed by atoms with Crippen LogP contribution in [0.4, 0.5) is 15.9 Å². The molecule has 15 nitrogen and oxygen atoms in total. The van der Waals surface area contributed by atoms with Crippen molar-refractivity contribution in [3.8, 4) is 28.6 Å². The molecule has 0 unspecified atom stereocenters. The summed E-state index contributed by atoms with van der Waals surface area (Å²) in [4.78, 5) is 50.1. The van der Waals surface area contributed by atoms with Gasteiger partial charge in [0.05, 0.1) is 41.4 Å². The number of anilines is 2. The quantitative estimate of drug-likeness (QED) is 0.133. The largest absolute Gasteiger partial charge is 0.481 e. The Morgan fingerprint density at radius 2 is 1.72 bits per heavy atom. The van der Waals surface area contributed by atoms with Gasteiger partial charge in [-0.2, -0.15) is 15.5 Å². The molecule has 7 heterocycles. The van der Waals surface area contributed by atoms with Gasteiger partial charge in [-0.1, -0.05) is 13.0 Å². The van der Waals surface area contributed by atoms with Gasteiger partial charge in [0.1, 0.15) is 34.8 Å². The van der Waals surface area contributed by atoms with Crippen LogP contribution in [0.25, 0.3) is 28.0 Å². The number of nitrogens with one attached hydrogen (secondary N) is 2. The van der Waals surface area contributed by atoms with E-state index in [9.17, 15) is 24.8 Å². The molecule has 9 rings (SSSR count). The summed E-state index contributed by atoms with van der Waals surface area (Å²) in [6, 6.07) is 11.5. The average molecular weight is 828 g/mol. The first-order chi connectivity index (χ1) is 29.6. The maximum Gasteiger partial charge on any atom is 0.309 e. The van der Waals surface area contributed by atoms with Crippen molar-refractivity contribution in [2.24, 2.45) is 5.41 Å². The molecule has 1 aromatic carbocycles. The second-order valence-electron chi connectivity index (χ2n) is 17.1. The number of pyridine rings is 1. The number of aliphatic carboxylic acids is 1. The normalized spacial score (nSPS) is 22.5. The highest BCUT2D eigenvalue weighted by atomic mass is 19.1. The summed E-state index contributed by atoms with van der Waals surface area (Å²) in [6.07, 6.45) is 17.3. The number of benzene rings is 1. The number of nitrogens with zero attached hydrogens (tertiary/aromatic N) is 9. The van der Waals surface area contributed by atoms with Gasteiger partial charge in [0.2, 0.25) is 11.8 Å². The van der Waals surface area contributed by atoms with E-state index in [0.717, 1.165) is 74.1 Å². The second-order valence-corrected chi connectivity index (χ2v) is 17.1. The number of likely N-dealkylation sites (tertiary alicyclic amines) is 1. The van der Waals surface area contributed by atoms with Crippen LogP contribution in [0.15, 0.2) is 61.3 Å². The Bertz CT molecular complexity index is 2490. The number of fused-ring (bicyclic) bond motifs is 1. The molecule has 1 atom stereocenters. The fourth-order valence-corrected chi connectivity index (χ4v) is 9.95. The number of carbonyl (C=O) groups is 3. The Hall–Kier alpha value is -6.21. The van der Waals surface area contributed by atoms with Gasteiger partial charge in [0.15, 0.2) is 0 Å². The summed E-state index contributed by atoms with van der Waals surface area (Å²) < 4.78 is 19.1. The fourth-order valence-electron chi connectivity index (χ4n) is 9.95. The van der Waals surface area contributed by atoms with E-state index >= 15 is 4.39 Å². The van der Waals surface area contributed by atoms with Crippen LogP contribution in [-0.4, -0.2) is 95.4 Å². The highest BCUT2D eigenvalue weighted by Gasteiger charge is 2.40. The number of rotatable bonds is 10. The van der Waals surface area contributed by atoms with Crippen LogP contribution >= 0.6 is 0 Å². The molecule has 16 heteroatoms. The molecule has 4 aliphatic rings. The SMILES string of the molecule is CCC1(C(=O)O)CCN(c2ccc(-c3nc(-c4cnn([C@H]5CC[C@H](N6CCC(c7ccc(N[C@@H]8CCC(=O)NC8=O)cc7F)CC6)CC5)c4)cn4ncc(C#N)c34)cn2)CC1. The van der Waals surface area contributed by atoms with Gasteiger partial charge in [-0.05, 0) is 113 Å². The first kappa shape index (κ1) is 40.2. The topological polar surface area (TPSA) is 187 Å². The first-order valence-corrected chi connectivity index (χ1v) is 21.5. The van der Waals surface area contributed by atoms with Crippen molar-refractivity contribution >= 4 is 34.8 Å². The third-order valence-electron chi connectivity index (χ3n) is 13.8. The molecular formula is C45H50FN11O4. The molecule has 0 spiro atoms. The number of halogens is 1. The van der Waals surface area contributed by atoms with Crippen molar-refractivity contribution in [3.63, 3.8) is 0 Å². The Morgan fingerprint density at radius 3 is 2.39 bits per heavy atom. The zero-order valence-corrected chi connectivity index (χ0v) is 34.3. The summed E-state index contributed by atoms with van der Waals surface area (Å²) in [5.41, 5.74) is 4.47. The number of carboxylic acid groups (broad SMARTS) is 1. The Kier molecular flexibility index (Phi) is 11.0. The van der Waals surface area contributed by atoms with Gasteiger partial charge >= 0.3 is 5.97 Å². The lowest BCUT2D eigenvalue weighted by Gasteiger charge is -2.41. The number of carboxylic acids is 1. The number of hydrogen-bond acceptors (Lipinski definition) is 11. The minimum Gasteiger partial charge on any atom is -0.481 e. The van der Waals surface area contributed by atoms with Gasteiger partial charge in [-0.15, -0.1) is 0 Å². The maximum absolute atomic E-state index is 15.4. The molecular weight excluding hydrogens is 778 g/mol. The number of hydrogen-bond donors (Lipinski definition) is 3. The monoisotopic (exact) mass is 827 g/mol. The summed E-state index contributed by atoms with van der Waals surface area (Å²) in [5, 5.41) is 34.5. The lowest BCUT2D eigenvalue weighted by Crippen LogP contribution is -2.47. The maximum atomic E-state index is 15.4. The van der Waals surface area contributed by atoms with Crippen LogP contribution in [0, 0.1) is 22.6 Å². The van der Waals surface area contributed by atoms with Gasteiger partial charge in [-0.25, -0.2) is 18.9 Å². The molecule has 0 radical (unpaired) electrons. The summed E-state index contributed by atoms with van der Waals surface area (Å²) >= 11 is 0. The van der Waals surface area contributed by atoms with Gasteiger partial charge < -0.3 is 20.2 Å². The summed E-state index contributed by atoms with van der Waals surface area (Å²) in [7, 11) is 0. The van der Waals surface area contributed by atoms with E-state index in [2.05, 4.69) is 42.5 Å². The number of aromatic nitrogens is 6. The molecule has 3 N–H and O–H groups in total. The van der Waals surface area contributed by atoms with Crippen LogP contribution < -0.4 is 15.5 Å². The first-order valence-electron chi connectivity index (χ1n) is 21.5. The smallest absolute Gasteiger partial charge is 0.309 e. The molecule has 2 amide bonds. The van der Waals surface area contributed by atoms with Gasteiger partial charge in [-0.3, -0.25) is 24.4 Å². The molecule has 3 saturated heterocycles. The average Bonchev–Trinajstić information content (AvgIpc) is 3.96. The molecule has 5 aromatic rings. The zero-order valence-electron chi connectivity index (χ0n) is 34.3. The van der Waals surface area contributed by atoms with Crippen LogP contribution in [-0.2, 0) is 14.4 Å². The molecule has 0 bridgehead atoms. The molecule has 4 fully saturated rings.